The maximum atomic E-state index is 11.3. The van der Waals surface area contributed by atoms with E-state index in [1.807, 2.05) is 13.0 Å². The first-order valence-corrected chi connectivity index (χ1v) is 7.76. The van der Waals surface area contributed by atoms with Gasteiger partial charge in [-0.2, -0.15) is 0 Å². The number of rotatable bonds is 6. The van der Waals surface area contributed by atoms with Gasteiger partial charge in [0.1, 0.15) is 6.10 Å². The number of fused-ring (bicyclic) bond motifs is 1. The molecular weight excluding hydrogens is 256 g/mol. The molecule has 0 aromatic heterocycles. The highest BCUT2D eigenvalue weighted by atomic mass is 16.6. The lowest BCUT2D eigenvalue weighted by atomic mass is 9.90. The third-order valence-electron chi connectivity index (χ3n) is 4.70. The van der Waals surface area contributed by atoms with Crippen molar-refractivity contribution in [1.82, 2.24) is 0 Å². The van der Waals surface area contributed by atoms with Crippen molar-refractivity contribution in [1.29, 1.82) is 0 Å². The molecule has 5 unspecified atom stereocenters. The maximum absolute atomic E-state index is 11.3. The molecule has 1 heterocycles. The van der Waals surface area contributed by atoms with Crippen molar-refractivity contribution in [3.05, 3.63) is 12.2 Å². The van der Waals surface area contributed by atoms with Crippen molar-refractivity contribution >= 4 is 5.97 Å². The zero-order valence-corrected chi connectivity index (χ0v) is 12.4. The number of esters is 1. The van der Waals surface area contributed by atoms with Crippen LogP contribution in [0.1, 0.15) is 46.0 Å². The summed E-state index contributed by atoms with van der Waals surface area (Å²) in [5.74, 6) is 0.0653. The molecule has 0 aromatic carbocycles. The van der Waals surface area contributed by atoms with Gasteiger partial charge in [0.05, 0.1) is 18.6 Å². The van der Waals surface area contributed by atoms with E-state index in [0.29, 0.717) is 12.8 Å². The third-order valence-corrected chi connectivity index (χ3v) is 4.70. The molecule has 1 saturated carbocycles. The lowest BCUT2D eigenvalue weighted by Gasteiger charge is -2.18. The normalized spacial score (nSPS) is 36.1. The van der Waals surface area contributed by atoms with Crippen molar-refractivity contribution in [3.63, 3.8) is 0 Å². The molecule has 20 heavy (non-hydrogen) atoms. The van der Waals surface area contributed by atoms with Crippen LogP contribution in [0.3, 0.4) is 0 Å². The highest BCUT2D eigenvalue weighted by Crippen LogP contribution is 2.42. The Bertz CT molecular complexity index is 365. The Kier molecular flexibility index (Phi) is 5.22. The van der Waals surface area contributed by atoms with Gasteiger partial charge in [-0.1, -0.05) is 38.8 Å². The molecule has 2 rings (SSSR count). The van der Waals surface area contributed by atoms with Gasteiger partial charge in [-0.05, 0) is 12.3 Å². The van der Waals surface area contributed by atoms with Gasteiger partial charge in [-0.25, -0.2) is 0 Å². The summed E-state index contributed by atoms with van der Waals surface area (Å²) in [5.41, 5.74) is 0. The topological polar surface area (TPSA) is 66.8 Å². The van der Waals surface area contributed by atoms with Crippen LogP contribution in [0.4, 0.5) is 0 Å². The lowest BCUT2D eigenvalue weighted by Crippen LogP contribution is -2.20. The van der Waals surface area contributed by atoms with Crippen LogP contribution in [0.15, 0.2) is 12.2 Å². The number of aliphatic hydroxyl groups excluding tert-OH is 2. The van der Waals surface area contributed by atoms with Crippen molar-refractivity contribution in [2.45, 2.75) is 64.3 Å². The Morgan fingerprint density at radius 2 is 2.25 bits per heavy atom. The van der Waals surface area contributed by atoms with Gasteiger partial charge in [0, 0.05) is 18.3 Å². The van der Waals surface area contributed by atoms with E-state index in [1.165, 1.54) is 0 Å². The van der Waals surface area contributed by atoms with Crippen LogP contribution >= 0.6 is 0 Å². The number of unbranched alkanes of at least 4 members (excludes halogenated alkanes) is 1. The van der Waals surface area contributed by atoms with Crippen LogP contribution in [-0.4, -0.2) is 34.5 Å². The summed E-state index contributed by atoms with van der Waals surface area (Å²) in [6.07, 6.45) is 6.76. The molecule has 0 radical (unpaired) electrons. The second-order valence-electron chi connectivity index (χ2n) is 6.27. The highest BCUT2D eigenvalue weighted by Gasteiger charge is 2.48. The average molecular weight is 282 g/mol. The van der Waals surface area contributed by atoms with Gasteiger partial charge in [-0.15, -0.1) is 0 Å². The fourth-order valence-electron chi connectivity index (χ4n) is 3.32. The minimum atomic E-state index is -0.481. The van der Waals surface area contributed by atoms with Crippen molar-refractivity contribution in [2.75, 3.05) is 0 Å². The monoisotopic (exact) mass is 282 g/mol. The fourth-order valence-corrected chi connectivity index (χ4v) is 3.32. The molecule has 2 aliphatic rings. The van der Waals surface area contributed by atoms with Crippen LogP contribution in [0.2, 0.25) is 0 Å². The predicted molar refractivity (Wildman–Crippen MR) is 75.9 cm³/mol. The largest absolute Gasteiger partial charge is 0.462 e. The number of carbonyl (C=O) groups excluding carboxylic acids is 1. The molecule has 1 saturated heterocycles. The van der Waals surface area contributed by atoms with Gasteiger partial charge < -0.3 is 14.9 Å². The van der Waals surface area contributed by atoms with Crippen molar-refractivity contribution in [2.24, 2.45) is 17.8 Å². The fraction of sp³-hybridized carbons (Fsp3) is 0.812. The molecule has 0 aromatic rings. The third kappa shape index (κ3) is 3.41. The van der Waals surface area contributed by atoms with Crippen LogP contribution in [0.5, 0.6) is 0 Å². The Morgan fingerprint density at radius 3 is 2.95 bits per heavy atom. The Labute approximate surface area is 120 Å². The summed E-state index contributed by atoms with van der Waals surface area (Å²) < 4.78 is 5.20. The summed E-state index contributed by atoms with van der Waals surface area (Å²) in [5, 5.41) is 20.2. The summed E-state index contributed by atoms with van der Waals surface area (Å²) in [6.45, 7) is 4.18. The number of hydrogen-bond acceptors (Lipinski definition) is 4. The van der Waals surface area contributed by atoms with E-state index in [1.54, 1.807) is 6.08 Å². The van der Waals surface area contributed by atoms with E-state index < -0.39 is 12.2 Å². The summed E-state index contributed by atoms with van der Waals surface area (Å²) in [6, 6.07) is 0. The number of hydrogen-bond donors (Lipinski definition) is 2. The Hall–Kier alpha value is -0.870. The molecule has 0 spiro atoms. The minimum absolute atomic E-state index is 0.0699. The molecule has 6 atom stereocenters. The Morgan fingerprint density at radius 1 is 1.50 bits per heavy atom. The molecule has 2 N–H and O–H groups in total. The first kappa shape index (κ1) is 15.5. The van der Waals surface area contributed by atoms with E-state index in [0.717, 1.165) is 19.3 Å². The molecule has 0 amide bonds. The first-order chi connectivity index (χ1) is 9.52. The smallest absolute Gasteiger partial charge is 0.306 e. The summed E-state index contributed by atoms with van der Waals surface area (Å²) in [7, 11) is 0. The van der Waals surface area contributed by atoms with Crippen LogP contribution < -0.4 is 0 Å². The van der Waals surface area contributed by atoms with E-state index in [9.17, 15) is 15.0 Å². The molecule has 1 aliphatic heterocycles. The van der Waals surface area contributed by atoms with E-state index >= 15 is 0 Å². The average Bonchev–Trinajstić information content (AvgIpc) is 2.88. The van der Waals surface area contributed by atoms with Gasteiger partial charge in [0.25, 0.3) is 0 Å². The standard InChI is InChI=1S/C16H26O4/c1-3-4-5-10(2)13(17)7-6-11-12-8-16(19)20-15(12)9-14(11)18/h6-7,10-15,17-18H,3-5,8-9H2,1-2H3/b7-6+/t10?,11?,12?,13-,14?,15?/m1/s1. The highest BCUT2D eigenvalue weighted by molar-refractivity contribution is 5.72. The number of aliphatic hydroxyl groups is 2. The molecule has 0 bridgehead atoms. The van der Waals surface area contributed by atoms with E-state index in [2.05, 4.69) is 6.92 Å². The van der Waals surface area contributed by atoms with E-state index in [-0.39, 0.29) is 29.8 Å². The van der Waals surface area contributed by atoms with Crippen LogP contribution in [-0.2, 0) is 9.53 Å². The maximum Gasteiger partial charge on any atom is 0.306 e. The molecule has 2 fully saturated rings. The number of carbonyl (C=O) groups is 1. The minimum Gasteiger partial charge on any atom is -0.462 e. The lowest BCUT2D eigenvalue weighted by molar-refractivity contribution is -0.141. The Balaban J connectivity index is 1.91. The zero-order valence-electron chi connectivity index (χ0n) is 12.4. The quantitative estimate of drug-likeness (QED) is 0.578. The van der Waals surface area contributed by atoms with Crippen molar-refractivity contribution in [3.8, 4) is 0 Å². The van der Waals surface area contributed by atoms with Crippen molar-refractivity contribution < 1.29 is 19.7 Å². The molecule has 4 heteroatoms. The molecular formula is C16H26O4. The molecule has 1 aliphatic carbocycles. The van der Waals surface area contributed by atoms with Crippen LogP contribution in [0.25, 0.3) is 0 Å². The van der Waals surface area contributed by atoms with Gasteiger partial charge in [0.2, 0.25) is 0 Å². The second kappa shape index (κ2) is 6.72. The SMILES string of the molecule is CCCCC(C)[C@H](O)/C=C/C1C(O)CC2OC(=O)CC21. The predicted octanol–water partition coefficient (Wildman–Crippen LogP) is 2.04. The summed E-state index contributed by atoms with van der Waals surface area (Å²) in [4.78, 5) is 11.3. The van der Waals surface area contributed by atoms with Gasteiger partial charge >= 0.3 is 5.97 Å². The summed E-state index contributed by atoms with van der Waals surface area (Å²) >= 11 is 0. The molecule has 114 valence electrons. The van der Waals surface area contributed by atoms with Gasteiger partial charge in [0.15, 0.2) is 0 Å². The second-order valence-corrected chi connectivity index (χ2v) is 6.27. The molecule has 4 nitrogen and oxygen atoms in total. The van der Waals surface area contributed by atoms with Crippen LogP contribution in [0, 0.1) is 17.8 Å². The number of ether oxygens (including phenoxy) is 1. The zero-order chi connectivity index (χ0) is 14.7. The first-order valence-electron chi connectivity index (χ1n) is 7.76. The van der Waals surface area contributed by atoms with Gasteiger partial charge in [-0.3, -0.25) is 4.79 Å². The van der Waals surface area contributed by atoms with E-state index in [4.69, 9.17) is 4.74 Å².